The summed E-state index contributed by atoms with van der Waals surface area (Å²) in [7, 11) is 0. The molecule has 0 saturated carbocycles. The molecule has 0 fully saturated rings. The first-order valence-electron chi connectivity index (χ1n) is 3.98. The van der Waals surface area contributed by atoms with Gasteiger partial charge in [-0.1, -0.05) is 11.6 Å². The van der Waals surface area contributed by atoms with Crippen molar-refractivity contribution < 1.29 is 4.79 Å². The number of H-pyrrole nitrogens is 1. The standard InChI is InChI=1S/C8H12ClN3O/c1-5(3-10)12-8(13)7-2-6(9)4-11-7/h2,4-5,11H,3,10H2,1H3,(H,12,13)/t5-/m1/s1. The average Bonchev–Trinajstić information content (AvgIpc) is 2.51. The van der Waals surface area contributed by atoms with Crippen LogP contribution in [0.4, 0.5) is 0 Å². The van der Waals surface area contributed by atoms with E-state index in [9.17, 15) is 4.79 Å². The number of amides is 1. The zero-order chi connectivity index (χ0) is 9.84. The third-order valence-electron chi connectivity index (χ3n) is 1.62. The molecule has 0 aromatic carbocycles. The van der Waals surface area contributed by atoms with Gasteiger partial charge in [-0.05, 0) is 13.0 Å². The molecule has 4 N–H and O–H groups in total. The Balaban J connectivity index is 2.58. The van der Waals surface area contributed by atoms with Crippen LogP contribution in [0, 0.1) is 0 Å². The van der Waals surface area contributed by atoms with Crippen LogP contribution in [0.2, 0.25) is 5.02 Å². The highest BCUT2D eigenvalue weighted by atomic mass is 35.5. The van der Waals surface area contributed by atoms with Crippen LogP contribution in [0.3, 0.4) is 0 Å². The number of nitrogens with one attached hydrogen (secondary N) is 2. The van der Waals surface area contributed by atoms with Gasteiger partial charge in [0.2, 0.25) is 0 Å². The molecular weight excluding hydrogens is 190 g/mol. The monoisotopic (exact) mass is 201 g/mol. The summed E-state index contributed by atoms with van der Waals surface area (Å²) in [5.74, 6) is -0.190. The van der Waals surface area contributed by atoms with Gasteiger partial charge in [-0.25, -0.2) is 0 Å². The molecule has 1 amide bonds. The average molecular weight is 202 g/mol. The number of nitrogens with two attached hydrogens (primary N) is 1. The summed E-state index contributed by atoms with van der Waals surface area (Å²) in [6.07, 6.45) is 1.56. The van der Waals surface area contributed by atoms with Crippen molar-refractivity contribution in [2.45, 2.75) is 13.0 Å². The Morgan fingerprint density at radius 2 is 2.54 bits per heavy atom. The van der Waals surface area contributed by atoms with E-state index in [2.05, 4.69) is 10.3 Å². The molecule has 0 aliphatic rings. The number of aromatic amines is 1. The Morgan fingerprint density at radius 1 is 1.85 bits per heavy atom. The Kier molecular flexibility index (Phi) is 3.33. The molecule has 1 heterocycles. The predicted molar refractivity (Wildman–Crippen MR) is 51.8 cm³/mol. The van der Waals surface area contributed by atoms with Crippen LogP contribution in [0.25, 0.3) is 0 Å². The normalized spacial score (nSPS) is 12.5. The number of halogens is 1. The summed E-state index contributed by atoms with van der Waals surface area (Å²) >= 11 is 5.64. The highest BCUT2D eigenvalue weighted by Gasteiger charge is 2.09. The summed E-state index contributed by atoms with van der Waals surface area (Å²) in [6, 6.07) is 1.54. The van der Waals surface area contributed by atoms with E-state index < -0.39 is 0 Å². The Morgan fingerprint density at radius 3 is 3.00 bits per heavy atom. The largest absolute Gasteiger partial charge is 0.356 e. The molecule has 0 aliphatic carbocycles. The molecule has 0 aliphatic heterocycles. The summed E-state index contributed by atoms with van der Waals surface area (Å²) < 4.78 is 0. The fourth-order valence-corrected chi connectivity index (χ4v) is 1.02. The molecule has 0 unspecified atom stereocenters. The molecule has 0 radical (unpaired) electrons. The minimum absolute atomic E-state index is 0.0328. The molecular formula is C8H12ClN3O. The summed E-state index contributed by atoms with van der Waals surface area (Å²) in [6.45, 7) is 2.25. The van der Waals surface area contributed by atoms with Gasteiger partial charge in [0.25, 0.3) is 5.91 Å². The van der Waals surface area contributed by atoms with Crippen LogP contribution >= 0.6 is 11.6 Å². The zero-order valence-corrected chi connectivity index (χ0v) is 8.06. The van der Waals surface area contributed by atoms with Gasteiger partial charge in [-0.2, -0.15) is 0 Å². The van der Waals surface area contributed by atoms with Crippen LogP contribution in [0.1, 0.15) is 17.4 Å². The number of carbonyl (C=O) groups excluding carboxylic acids is 1. The van der Waals surface area contributed by atoms with E-state index in [-0.39, 0.29) is 11.9 Å². The van der Waals surface area contributed by atoms with E-state index in [1.165, 1.54) is 0 Å². The SMILES string of the molecule is C[C@H](CN)NC(=O)c1cc(Cl)c[nH]1. The van der Waals surface area contributed by atoms with Gasteiger partial charge in [0.1, 0.15) is 5.69 Å². The summed E-state index contributed by atoms with van der Waals surface area (Å²) in [5, 5.41) is 3.22. The van der Waals surface area contributed by atoms with Gasteiger partial charge in [-0.15, -0.1) is 0 Å². The lowest BCUT2D eigenvalue weighted by Gasteiger charge is -2.09. The molecule has 13 heavy (non-hydrogen) atoms. The van der Waals surface area contributed by atoms with Gasteiger partial charge in [0.15, 0.2) is 0 Å². The van der Waals surface area contributed by atoms with E-state index in [1.807, 2.05) is 6.92 Å². The Labute approximate surface area is 81.5 Å². The van der Waals surface area contributed by atoms with Gasteiger partial charge >= 0.3 is 0 Å². The lowest BCUT2D eigenvalue weighted by molar-refractivity contribution is 0.0937. The summed E-state index contributed by atoms with van der Waals surface area (Å²) in [5.41, 5.74) is 5.80. The summed E-state index contributed by atoms with van der Waals surface area (Å²) in [4.78, 5) is 14.1. The first-order chi connectivity index (χ1) is 6.13. The second-order valence-electron chi connectivity index (χ2n) is 2.84. The molecule has 1 aromatic rings. The van der Waals surface area contributed by atoms with Gasteiger partial charge < -0.3 is 16.0 Å². The first-order valence-corrected chi connectivity index (χ1v) is 4.36. The van der Waals surface area contributed by atoms with Crippen molar-refractivity contribution in [2.24, 2.45) is 5.73 Å². The number of hydrogen-bond donors (Lipinski definition) is 3. The minimum atomic E-state index is -0.190. The molecule has 0 spiro atoms. The van der Waals surface area contributed by atoms with Gasteiger partial charge in [0.05, 0.1) is 5.02 Å². The fourth-order valence-electron chi connectivity index (χ4n) is 0.859. The van der Waals surface area contributed by atoms with E-state index in [0.717, 1.165) is 0 Å². The van der Waals surface area contributed by atoms with Crippen molar-refractivity contribution in [1.82, 2.24) is 10.3 Å². The maximum absolute atomic E-state index is 11.4. The van der Waals surface area contributed by atoms with Crippen LogP contribution in [-0.2, 0) is 0 Å². The molecule has 0 saturated heterocycles. The third-order valence-corrected chi connectivity index (χ3v) is 1.84. The zero-order valence-electron chi connectivity index (χ0n) is 7.30. The highest BCUT2D eigenvalue weighted by Crippen LogP contribution is 2.09. The molecule has 4 nitrogen and oxygen atoms in total. The number of hydrogen-bond acceptors (Lipinski definition) is 2. The van der Waals surface area contributed by atoms with Crippen molar-refractivity contribution in [3.05, 3.63) is 23.0 Å². The molecule has 1 rings (SSSR count). The number of aromatic nitrogens is 1. The van der Waals surface area contributed by atoms with Gasteiger partial charge in [-0.3, -0.25) is 4.79 Å². The molecule has 5 heteroatoms. The van der Waals surface area contributed by atoms with Crippen molar-refractivity contribution >= 4 is 17.5 Å². The van der Waals surface area contributed by atoms with Crippen LogP contribution in [0.5, 0.6) is 0 Å². The molecule has 72 valence electrons. The number of rotatable bonds is 3. The van der Waals surface area contributed by atoms with E-state index in [1.54, 1.807) is 12.3 Å². The Hall–Kier alpha value is -1.00. The van der Waals surface area contributed by atoms with E-state index >= 15 is 0 Å². The van der Waals surface area contributed by atoms with Crippen LogP contribution in [-0.4, -0.2) is 23.5 Å². The maximum atomic E-state index is 11.4. The first kappa shape index (κ1) is 10.1. The second-order valence-corrected chi connectivity index (χ2v) is 3.28. The van der Waals surface area contributed by atoms with Gasteiger partial charge in [0, 0.05) is 18.8 Å². The third kappa shape index (κ3) is 2.75. The minimum Gasteiger partial charge on any atom is -0.356 e. The van der Waals surface area contributed by atoms with Crippen molar-refractivity contribution in [2.75, 3.05) is 6.54 Å². The van der Waals surface area contributed by atoms with Crippen LogP contribution in [0.15, 0.2) is 12.3 Å². The predicted octanol–water partition coefficient (Wildman–Crippen LogP) is 0.745. The molecule has 1 atom stereocenters. The number of carbonyl (C=O) groups is 1. The van der Waals surface area contributed by atoms with Crippen molar-refractivity contribution in [1.29, 1.82) is 0 Å². The lowest BCUT2D eigenvalue weighted by Crippen LogP contribution is -2.37. The van der Waals surface area contributed by atoms with E-state index in [4.69, 9.17) is 17.3 Å². The lowest BCUT2D eigenvalue weighted by atomic mass is 10.3. The molecule has 1 aromatic heterocycles. The maximum Gasteiger partial charge on any atom is 0.267 e. The quantitative estimate of drug-likeness (QED) is 0.675. The fraction of sp³-hybridized carbons (Fsp3) is 0.375. The molecule has 0 bridgehead atoms. The Bertz CT molecular complexity index is 297. The van der Waals surface area contributed by atoms with Crippen molar-refractivity contribution in [3.63, 3.8) is 0 Å². The van der Waals surface area contributed by atoms with E-state index in [0.29, 0.717) is 17.3 Å². The second kappa shape index (κ2) is 4.30. The van der Waals surface area contributed by atoms with Crippen LogP contribution < -0.4 is 11.1 Å². The highest BCUT2D eigenvalue weighted by molar-refractivity contribution is 6.30. The van der Waals surface area contributed by atoms with Crippen molar-refractivity contribution in [3.8, 4) is 0 Å². The topological polar surface area (TPSA) is 70.9 Å². The smallest absolute Gasteiger partial charge is 0.267 e.